The number of amides is 1. The van der Waals surface area contributed by atoms with E-state index in [1.165, 1.54) is 16.9 Å². The highest BCUT2D eigenvalue weighted by molar-refractivity contribution is 7.17. The molecule has 1 amide bonds. The van der Waals surface area contributed by atoms with Crippen LogP contribution in [0.3, 0.4) is 0 Å². The van der Waals surface area contributed by atoms with Gasteiger partial charge in [0, 0.05) is 29.1 Å². The fourth-order valence-electron chi connectivity index (χ4n) is 3.71. The van der Waals surface area contributed by atoms with Crippen molar-refractivity contribution in [2.45, 2.75) is 38.5 Å². The predicted molar refractivity (Wildman–Crippen MR) is 107 cm³/mol. The van der Waals surface area contributed by atoms with Crippen molar-refractivity contribution >= 4 is 28.3 Å². The molecule has 0 radical (unpaired) electrons. The van der Waals surface area contributed by atoms with Crippen molar-refractivity contribution in [2.75, 3.05) is 6.54 Å². The molecule has 0 spiro atoms. The average molecular weight is 366 g/mol. The molecule has 4 nitrogen and oxygen atoms in total. The van der Waals surface area contributed by atoms with E-state index in [1.807, 2.05) is 19.1 Å². The van der Waals surface area contributed by atoms with Gasteiger partial charge in [-0.15, -0.1) is 11.3 Å². The third-order valence-electron chi connectivity index (χ3n) is 5.35. The van der Waals surface area contributed by atoms with Crippen LogP contribution in [-0.4, -0.2) is 21.8 Å². The number of carbonyl (C=O) groups excluding carboxylic acids is 1. The van der Waals surface area contributed by atoms with Gasteiger partial charge in [-0.05, 0) is 38.3 Å². The molecule has 1 saturated carbocycles. The molecule has 2 aromatic heterocycles. The molecule has 2 heterocycles. The zero-order chi connectivity index (χ0) is 18.1. The fraction of sp³-hybridized carbons (Fsp3) is 0.333. The lowest BCUT2D eigenvalue weighted by Gasteiger charge is -2.42. The van der Waals surface area contributed by atoms with Gasteiger partial charge < -0.3 is 5.32 Å². The van der Waals surface area contributed by atoms with Crippen LogP contribution >= 0.6 is 11.3 Å². The summed E-state index contributed by atoms with van der Waals surface area (Å²) in [5.74, 6) is -0.0477. The Morgan fingerprint density at radius 3 is 2.77 bits per heavy atom. The van der Waals surface area contributed by atoms with Gasteiger partial charge >= 0.3 is 0 Å². The van der Waals surface area contributed by atoms with Crippen molar-refractivity contribution in [1.82, 2.24) is 14.7 Å². The van der Waals surface area contributed by atoms with Gasteiger partial charge in [0.05, 0.1) is 11.4 Å². The van der Waals surface area contributed by atoms with E-state index in [2.05, 4.69) is 52.1 Å². The summed E-state index contributed by atoms with van der Waals surface area (Å²) in [5.41, 5.74) is 3.35. The third-order valence-corrected chi connectivity index (χ3v) is 6.25. The van der Waals surface area contributed by atoms with Crippen LogP contribution in [0, 0.1) is 13.8 Å². The van der Waals surface area contributed by atoms with E-state index in [4.69, 9.17) is 0 Å². The number of carbonyl (C=O) groups is 1. The summed E-state index contributed by atoms with van der Waals surface area (Å²) in [6.45, 7) is 4.74. The molecule has 0 saturated heterocycles. The standard InChI is InChI=1S/C21H23N3OS/c1-15-13-24-18(16(2)23-20(24)26-15)9-10-19(25)22-14-21(11-6-12-21)17-7-4-3-5-8-17/h3-5,7-10,13H,6,11-12,14H2,1-2H3,(H,22,25)/b10-9+. The number of rotatable bonds is 5. The van der Waals surface area contributed by atoms with Gasteiger partial charge in [0.15, 0.2) is 4.96 Å². The van der Waals surface area contributed by atoms with Gasteiger partial charge in [0.1, 0.15) is 0 Å². The first kappa shape index (κ1) is 17.0. The van der Waals surface area contributed by atoms with Crippen LogP contribution < -0.4 is 5.32 Å². The predicted octanol–water partition coefficient (Wildman–Crippen LogP) is 4.26. The summed E-state index contributed by atoms with van der Waals surface area (Å²) in [5, 5.41) is 3.11. The number of fused-ring (bicyclic) bond motifs is 1. The van der Waals surface area contributed by atoms with Crippen LogP contribution in [0.2, 0.25) is 0 Å². The highest BCUT2D eigenvalue weighted by atomic mass is 32.1. The largest absolute Gasteiger partial charge is 0.352 e. The number of nitrogens with zero attached hydrogens (tertiary/aromatic N) is 2. The van der Waals surface area contributed by atoms with Crippen molar-refractivity contribution in [1.29, 1.82) is 0 Å². The number of aryl methyl sites for hydroxylation is 2. The molecule has 1 aromatic carbocycles. The third kappa shape index (κ3) is 3.07. The minimum atomic E-state index is -0.0477. The average Bonchev–Trinajstić information content (AvgIpc) is 3.08. The van der Waals surface area contributed by atoms with E-state index < -0.39 is 0 Å². The Labute approximate surface area is 157 Å². The second-order valence-electron chi connectivity index (χ2n) is 7.13. The highest BCUT2D eigenvalue weighted by Crippen LogP contribution is 2.43. The molecule has 3 aromatic rings. The van der Waals surface area contributed by atoms with E-state index in [0.29, 0.717) is 6.54 Å². The molecule has 1 aliphatic rings. The molecule has 0 unspecified atom stereocenters. The zero-order valence-corrected chi connectivity index (χ0v) is 16.0. The van der Waals surface area contributed by atoms with Crippen molar-refractivity contribution in [2.24, 2.45) is 0 Å². The quantitative estimate of drug-likeness (QED) is 0.687. The molecule has 26 heavy (non-hydrogen) atoms. The lowest BCUT2D eigenvalue weighted by Crippen LogP contribution is -2.45. The maximum absolute atomic E-state index is 12.4. The summed E-state index contributed by atoms with van der Waals surface area (Å²) < 4.78 is 2.05. The van der Waals surface area contributed by atoms with Crippen LogP contribution in [0.25, 0.3) is 11.0 Å². The first-order valence-electron chi connectivity index (χ1n) is 9.04. The van der Waals surface area contributed by atoms with Crippen LogP contribution in [0.15, 0.2) is 42.6 Å². The molecule has 1 N–H and O–H groups in total. The Bertz CT molecular complexity index is 964. The number of aromatic nitrogens is 2. The summed E-state index contributed by atoms with van der Waals surface area (Å²) in [7, 11) is 0. The number of hydrogen-bond donors (Lipinski definition) is 1. The highest BCUT2D eigenvalue weighted by Gasteiger charge is 2.38. The van der Waals surface area contributed by atoms with Crippen LogP contribution in [0.1, 0.15) is 41.1 Å². The monoisotopic (exact) mass is 365 g/mol. The number of thiazole rings is 1. The van der Waals surface area contributed by atoms with Gasteiger partial charge in [-0.2, -0.15) is 0 Å². The van der Waals surface area contributed by atoms with Gasteiger partial charge in [-0.1, -0.05) is 36.8 Å². The molecular weight excluding hydrogens is 342 g/mol. The molecule has 1 aliphatic carbocycles. The summed E-state index contributed by atoms with van der Waals surface area (Å²) in [4.78, 5) is 19.1. The second kappa shape index (κ2) is 6.72. The molecule has 0 aliphatic heterocycles. The van der Waals surface area contributed by atoms with Crippen molar-refractivity contribution in [3.8, 4) is 0 Å². The topological polar surface area (TPSA) is 46.4 Å². The zero-order valence-electron chi connectivity index (χ0n) is 15.2. The first-order valence-corrected chi connectivity index (χ1v) is 9.86. The van der Waals surface area contributed by atoms with Crippen LogP contribution in [0.5, 0.6) is 0 Å². The Kier molecular flexibility index (Phi) is 4.41. The van der Waals surface area contributed by atoms with E-state index in [0.717, 1.165) is 29.2 Å². The fourth-order valence-corrected chi connectivity index (χ4v) is 4.59. The van der Waals surface area contributed by atoms with Gasteiger partial charge in [0.2, 0.25) is 5.91 Å². The molecule has 0 bridgehead atoms. The smallest absolute Gasteiger partial charge is 0.244 e. The first-order chi connectivity index (χ1) is 12.6. The van der Waals surface area contributed by atoms with Crippen molar-refractivity contribution in [3.05, 3.63) is 64.4 Å². The molecule has 0 atom stereocenters. The molecule has 1 fully saturated rings. The van der Waals surface area contributed by atoms with E-state index >= 15 is 0 Å². The minimum Gasteiger partial charge on any atom is -0.352 e. The van der Waals surface area contributed by atoms with Crippen molar-refractivity contribution in [3.63, 3.8) is 0 Å². The van der Waals surface area contributed by atoms with Gasteiger partial charge in [0.25, 0.3) is 0 Å². The molecular formula is C21H23N3OS. The summed E-state index contributed by atoms with van der Waals surface area (Å²) in [6, 6.07) is 10.5. The number of nitrogens with one attached hydrogen (secondary N) is 1. The summed E-state index contributed by atoms with van der Waals surface area (Å²) >= 11 is 1.66. The number of benzene rings is 1. The van der Waals surface area contributed by atoms with E-state index in [9.17, 15) is 4.79 Å². The van der Waals surface area contributed by atoms with E-state index in [1.54, 1.807) is 17.4 Å². The molecule has 5 heteroatoms. The van der Waals surface area contributed by atoms with Crippen LogP contribution in [-0.2, 0) is 10.2 Å². The Hall–Kier alpha value is -2.40. The summed E-state index contributed by atoms with van der Waals surface area (Å²) in [6.07, 6.45) is 9.06. The second-order valence-corrected chi connectivity index (χ2v) is 8.34. The lowest BCUT2D eigenvalue weighted by molar-refractivity contribution is -0.116. The Morgan fingerprint density at radius 2 is 2.08 bits per heavy atom. The normalized spacial score (nSPS) is 16.1. The number of hydrogen-bond acceptors (Lipinski definition) is 3. The van der Waals surface area contributed by atoms with Crippen LogP contribution in [0.4, 0.5) is 0 Å². The SMILES string of the molecule is Cc1cn2c(/C=C/C(=O)NCC3(c4ccccc4)CCC3)c(C)nc2s1. The van der Waals surface area contributed by atoms with E-state index in [-0.39, 0.29) is 11.3 Å². The minimum absolute atomic E-state index is 0.0477. The Balaban J connectivity index is 1.45. The number of imidazole rings is 1. The maximum atomic E-state index is 12.4. The maximum Gasteiger partial charge on any atom is 0.244 e. The Morgan fingerprint density at radius 1 is 1.31 bits per heavy atom. The van der Waals surface area contributed by atoms with Crippen molar-refractivity contribution < 1.29 is 4.79 Å². The molecule has 4 rings (SSSR count). The van der Waals surface area contributed by atoms with Gasteiger partial charge in [-0.25, -0.2) is 4.98 Å². The van der Waals surface area contributed by atoms with Gasteiger partial charge in [-0.3, -0.25) is 9.20 Å². The molecule has 134 valence electrons. The lowest BCUT2D eigenvalue weighted by atomic mass is 9.64.